The highest BCUT2D eigenvalue weighted by Gasteiger charge is 2.21. The van der Waals surface area contributed by atoms with Crippen molar-refractivity contribution in [2.45, 2.75) is 18.7 Å². The van der Waals surface area contributed by atoms with Gasteiger partial charge in [0.05, 0.1) is 23.4 Å². The smallest absolute Gasteiger partial charge is 0.262 e. The summed E-state index contributed by atoms with van der Waals surface area (Å²) in [6, 6.07) is 8.58. The molecule has 27 heavy (non-hydrogen) atoms. The van der Waals surface area contributed by atoms with Gasteiger partial charge in [-0.2, -0.15) is 0 Å². The monoisotopic (exact) mass is 409 g/mol. The van der Waals surface area contributed by atoms with Gasteiger partial charge in [-0.1, -0.05) is 11.6 Å². The Morgan fingerprint density at radius 1 is 1.11 bits per heavy atom. The van der Waals surface area contributed by atoms with Crippen LogP contribution in [0.25, 0.3) is 0 Å². The molecule has 0 saturated carbocycles. The van der Waals surface area contributed by atoms with Gasteiger partial charge in [0.2, 0.25) is 0 Å². The van der Waals surface area contributed by atoms with Crippen LogP contribution in [-0.4, -0.2) is 41.7 Å². The number of methoxy groups -OCH3 is 1. The molecule has 2 N–H and O–H groups in total. The Balaban J connectivity index is 1.94. The standard InChI is InChI=1S/C19H24ClN3O3S/c1-13-11-19(14(2)10-16(13)20)27(24,25)22-15-4-5-18(26-3)17(12-15)23-8-6-21-7-9-23/h4-5,10-12,21-22H,6-9H2,1-3H3. The third-order valence-electron chi connectivity index (χ3n) is 4.63. The first kappa shape index (κ1) is 19.8. The van der Waals surface area contributed by atoms with Crippen LogP contribution in [0.4, 0.5) is 11.4 Å². The van der Waals surface area contributed by atoms with Crippen molar-refractivity contribution in [1.29, 1.82) is 0 Å². The summed E-state index contributed by atoms with van der Waals surface area (Å²) >= 11 is 6.10. The molecule has 8 heteroatoms. The van der Waals surface area contributed by atoms with Gasteiger partial charge in [-0.3, -0.25) is 4.72 Å². The van der Waals surface area contributed by atoms with Gasteiger partial charge in [-0.15, -0.1) is 0 Å². The topological polar surface area (TPSA) is 70.7 Å². The molecule has 0 unspecified atom stereocenters. The van der Waals surface area contributed by atoms with E-state index >= 15 is 0 Å². The Bertz CT molecular complexity index is 941. The van der Waals surface area contributed by atoms with Gasteiger partial charge in [0.25, 0.3) is 10.0 Å². The maximum Gasteiger partial charge on any atom is 0.262 e. The Hall–Kier alpha value is -1.96. The SMILES string of the molecule is COc1ccc(NS(=O)(=O)c2cc(C)c(Cl)cc2C)cc1N1CCNCC1. The van der Waals surface area contributed by atoms with Crippen LogP contribution in [0.1, 0.15) is 11.1 Å². The molecule has 1 aliphatic rings. The average Bonchev–Trinajstić information content (AvgIpc) is 2.65. The highest BCUT2D eigenvalue weighted by molar-refractivity contribution is 7.92. The van der Waals surface area contributed by atoms with E-state index in [1.807, 2.05) is 6.07 Å². The molecule has 6 nitrogen and oxygen atoms in total. The molecule has 0 bridgehead atoms. The number of sulfonamides is 1. The van der Waals surface area contributed by atoms with Crippen molar-refractivity contribution in [3.05, 3.63) is 46.5 Å². The molecule has 0 radical (unpaired) electrons. The van der Waals surface area contributed by atoms with Crippen molar-refractivity contribution in [3.8, 4) is 5.75 Å². The highest BCUT2D eigenvalue weighted by Crippen LogP contribution is 2.33. The van der Waals surface area contributed by atoms with Crippen LogP contribution >= 0.6 is 11.6 Å². The van der Waals surface area contributed by atoms with Crippen molar-refractivity contribution in [1.82, 2.24) is 5.32 Å². The number of aryl methyl sites for hydroxylation is 2. The third kappa shape index (κ3) is 4.31. The number of anilines is 2. The van der Waals surface area contributed by atoms with Crippen LogP contribution < -0.4 is 19.7 Å². The van der Waals surface area contributed by atoms with Crippen molar-refractivity contribution in [2.24, 2.45) is 0 Å². The molecule has 1 heterocycles. The van der Waals surface area contributed by atoms with Gasteiger partial charge in [0, 0.05) is 31.2 Å². The second-order valence-corrected chi connectivity index (χ2v) is 8.65. The summed E-state index contributed by atoms with van der Waals surface area (Å²) < 4.78 is 34.0. The minimum absolute atomic E-state index is 0.226. The van der Waals surface area contributed by atoms with E-state index < -0.39 is 10.0 Å². The van der Waals surface area contributed by atoms with E-state index in [-0.39, 0.29) is 4.90 Å². The average molecular weight is 410 g/mol. The largest absolute Gasteiger partial charge is 0.495 e. The van der Waals surface area contributed by atoms with E-state index in [2.05, 4.69) is 14.9 Å². The molecule has 1 aliphatic heterocycles. The zero-order valence-corrected chi connectivity index (χ0v) is 17.2. The lowest BCUT2D eigenvalue weighted by Crippen LogP contribution is -2.43. The number of benzene rings is 2. The van der Waals surface area contributed by atoms with Crippen LogP contribution in [-0.2, 0) is 10.0 Å². The van der Waals surface area contributed by atoms with Gasteiger partial charge >= 0.3 is 0 Å². The summed E-state index contributed by atoms with van der Waals surface area (Å²) in [6.07, 6.45) is 0. The number of rotatable bonds is 5. The summed E-state index contributed by atoms with van der Waals surface area (Å²) in [7, 11) is -2.11. The lowest BCUT2D eigenvalue weighted by atomic mass is 10.2. The Labute approximate surface area is 165 Å². The second kappa shape index (κ2) is 7.96. The van der Waals surface area contributed by atoms with Crippen LogP contribution in [0.3, 0.4) is 0 Å². The quantitative estimate of drug-likeness (QED) is 0.793. The fraction of sp³-hybridized carbons (Fsp3) is 0.368. The molecule has 0 amide bonds. The molecule has 146 valence electrons. The molecular weight excluding hydrogens is 386 g/mol. The molecule has 1 saturated heterocycles. The van der Waals surface area contributed by atoms with E-state index in [4.69, 9.17) is 16.3 Å². The van der Waals surface area contributed by atoms with Gasteiger partial charge < -0.3 is 15.0 Å². The minimum Gasteiger partial charge on any atom is -0.495 e. The number of hydrogen-bond acceptors (Lipinski definition) is 5. The summed E-state index contributed by atoms with van der Waals surface area (Å²) in [5.74, 6) is 0.721. The van der Waals surface area contributed by atoms with Gasteiger partial charge in [-0.25, -0.2) is 8.42 Å². The Morgan fingerprint density at radius 2 is 1.81 bits per heavy atom. The highest BCUT2D eigenvalue weighted by atomic mass is 35.5. The molecule has 0 aliphatic carbocycles. The van der Waals surface area contributed by atoms with E-state index in [0.717, 1.165) is 43.2 Å². The maximum absolute atomic E-state index is 12.9. The first-order chi connectivity index (χ1) is 12.8. The second-order valence-electron chi connectivity index (χ2n) is 6.60. The zero-order valence-electron chi connectivity index (χ0n) is 15.7. The van der Waals surface area contributed by atoms with E-state index in [1.165, 1.54) is 0 Å². The number of ether oxygens (including phenoxy) is 1. The van der Waals surface area contributed by atoms with Crippen molar-refractivity contribution in [2.75, 3.05) is 42.9 Å². The van der Waals surface area contributed by atoms with Crippen molar-refractivity contribution in [3.63, 3.8) is 0 Å². The third-order valence-corrected chi connectivity index (χ3v) is 6.56. The molecule has 1 fully saturated rings. The van der Waals surface area contributed by atoms with E-state index in [1.54, 1.807) is 45.2 Å². The fourth-order valence-corrected chi connectivity index (χ4v) is 4.74. The van der Waals surface area contributed by atoms with Crippen molar-refractivity contribution >= 4 is 33.0 Å². The number of piperazine rings is 1. The van der Waals surface area contributed by atoms with E-state index in [9.17, 15) is 8.42 Å². The first-order valence-electron chi connectivity index (χ1n) is 8.75. The molecule has 2 aromatic rings. The normalized spacial score (nSPS) is 14.9. The number of nitrogens with zero attached hydrogens (tertiary/aromatic N) is 1. The number of nitrogens with one attached hydrogen (secondary N) is 2. The number of hydrogen-bond donors (Lipinski definition) is 2. The zero-order chi connectivity index (χ0) is 19.6. The maximum atomic E-state index is 12.9. The van der Waals surface area contributed by atoms with Crippen LogP contribution in [0.5, 0.6) is 5.75 Å². The molecule has 0 atom stereocenters. The molecule has 0 spiro atoms. The van der Waals surface area contributed by atoms with Crippen LogP contribution in [0.2, 0.25) is 5.02 Å². The van der Waals surface area contributed by atoms with Crippen molar-refractivity contribution < 1.29 is 13.2 Å². The first-order valence-corrected chi connectivity index (χ1v) is 10.6. The van der Waals surface area contributed by atoms with Gasteiger partial charge in [-0.05, 0) is 55.3 Å². The molecule has 3 rings (SSSR count). The lowest BCUT2D eigenvalue weighted by molar-refractivity contribution is 0.413. The summed E-state index contributed by atoms with van der Waals surface area (Å²) in [5, 5.41) is 3.86. The minimum atomic E-state index is -3.73. The van der Waals surface area contributed by atoms with E-state index in [0.29, 0.717) is 16.3 Å². The van der Waals surface area contributed by atoms with Crippen LogP contribution in [0.15, 0.2) is 35.2 Å². The summed E-state index contributed by atoms with van der Waals surface area (Å²) in [4.78, 5) is 2.41. The van der Waals surface area contributed by atoms with Gasteiger partial charge in [0.1, 0.15) is 5.75 Å². The molecule has 0 aromatic heterocycles. The lowest BCUT2D eigenvalue weighted by Gasteiger charge is -2.31. The van der Waals surface area contributed by atoms with Gasteiger partial charge in [0.15, 0.2) is 0 Å². The number of halogens is 1. The molecule has 2 aromatic carbocycles. The fourth-order valence-electron chi connectivity index (χ4n) is 3.16. The predicted molar refractivity (Wildman–Crippen MR) is 110 cm³/mol. The Kier molecular flexibility index (Phi) is 5.83. The predicted octanol–water partition coefficient (Wildman–Crippen LogP) is 3.18. The molecular formula is C19H24ClN3O3S. The summed E-state index contributed by atoms with van der Waals surface area (Å²) in [5.41, 5.74) is 2.70. The Morgan fingerprint density at radius 3 is 2.48 bits per heavy atom. The van der Waals surface area contributed by atoms with Crippen LogP contribution in [0, 0.1) is 13.8 Å². The summed E-state index contributed by atoms with van der Waals surface area (Å²) in [6.45, 7) is 6.95.